The van der Waals surface area contributed by atoms with E-state index in [0.29, 0.717) is 6.04 Å². The highest BCUT2D eigenvalue weighted by molar-refractivity contribution is 5.25. The number of nitrogens with one attached hydrogen (secondary N) is 1. The molecule has 1 N–H and O–H groups in total. The van der Waals surface area contributed by atoms with Crippen LogP contribution in [0.3, 0.4) is 0 Å². The molecule has 1 aromatic heterocycles. The van der Waals surface area contributed by atoms with Gasteiger partial charge in [-0.3, -0.25) is 4.68 Å². The van der Waals surface area contributed by atoms with Crippen LogP contribution >= 0.6 is 0 Å². The zero-order chi connectivity index (χ0) is 13.4. The monoisotopic (exact) mass is 253 g/mol. The van der Waals surface area contributed by atoms with Crippen LogP contribution in [0, 0.1) is 0 Å². The Hall–Kier alpha value is -1.03. The van der Waals surface area contributed by atoms with Gasteiger partial charge in [0.15, 0.2) is 5.75 Å². The van der Waals surface area contributed by atoms with Crippen molar-refractivity contribution in [2.75, 3.05) is 14.2 Å². The maximum Gasteiger partial charge on any atom is 0.159 e. The molecule has 4 nitrogen and oxygen atoms in total. The molecule has 0 saturated heterocycles. The van der Waals surface area contributed by atoms with Crippen molar-refractivity contribution in [3.63, 3.8) is 0 Å². The summed E-state index contributed by atoms with van der Waals surface area (Å²) >= 11 is 0. The Kier molecular flexibility index (Phi) is 6.80. The second-order valence-corrected chi connectivity index (χ2v) is 4.70. The first-order valence-corrected chi connectivity index (χ1v) is 7.02. The van der Waals surface area contributed by atoms with Crippen molar-refractivity contribution in [2.45, 2.75) is 58.5 Å². The molecule has 0 spiro atoms. The summed E-state index contributed by atoms with van der Waals surface area (Å²) in [4.78, 5) is 0. The van der Waals surface area contributed by atoms with Crippen molar-refractivity contribution in [1.82, 2.24) is 15.1 Å². The largest absolute Gasteiger partial charge is 0.493 e. The predicted octanol–water partition coefficient (Wildman–Crippen LogP) is 2.62. The molecule has 0 bridgehead atoms. The highest BCUT2D eigenvalue weighted by Crippen LogP contribution is 2.20. The van der Waals surface area contributed by atoms with Crippen molar-refractivity contribution >= 4 is 0 Å². The number of aromatic nitrogens is 2. The fourth-order valence-corrected chi connectivity index (χ4v) is 2.31. The molecule has 1 heterocycles. The summed E-state index contributed by atoms with van der Waals surface area (Å²) in [5.74, 6) is 0.926. The normalized spacial score (nSPS) is 12.7. The van der Waals surface area contributed by atoms with E-state index in [1.54, 1.807) is 7.11 Å². The van der Waals surface area contributed by atoms with E-state index in [0.717, 1.165) is 31.6 Å². The van der Waals surface area contributed by atoms with Crippen molar-refractivity contribution < 1.29 is 4.74 Å². The summed E-state index contributed by atoms with van der Waals surface area (Å²) in [6.45, 7) is 5.37. The molecule has 0 fully saturated rings. The van der Waals surface area contributed by atoms with Crippen LogP contribution in [-0.4, -0.2) is 30.0 Å². The lowest BCUT2D eigenvalue weighted by molar-refractivity contribution is 0.401. The molecule has 0 aliphatic rings. The first-order valence-electron chi connectivity index (χ1n) is 7.02. The first-order chi connectivity index (χ1) is 8.76. The Bertz CT molecular complexity index is 336. The third-order valence-corrected chi connectivity index (χ3v) is 3.34. The van der Waals surface area contributed by atoms with Gasteiger partial charge in [0, 0.05) is 12.6 Å². The first kappa shape index (κ1) is 15.0. The van der Waals surface area contributed by atoms with Crippen molar-refractivity contribution in [2.24, 2.45) is 0 Å². The van der Waals surface area contributed by atoms with E-state index in [4.69, 9.17) is 4.74 Å². The van der Waals surface area contributed by atoms with Gasteiger partial charge < -0.3 is 10.1 Å². The van der Waals surface area contributed by atoms with Gasteiger partial charge in [-0.2, -0.15) is 5.10 Å². The second kappa shape index (κ2) is 8.14. The predicted molar refractivity (Wildman–Crippen MR) is 75.1 cm³/mol. The Labute approximate surface area is 111 Å². The van der Waals surface area contributed by atoms with Crippen molar-refractivity contribution in [1.29, 1.82) is 0 Å². The van der Waals surface area contributed by atoms with Gasteiger partial charge in [-0.25, -0.2) is 0 Å². The summed E-state index contributed by atoms with van der Waals surface area (Å²) in [5.41, 5.74) is 1.23. The van der Waals surface area contributed by atoms with Crippen LogP contribution in [0.4, 0.5) is 0 Å². The van der Waals surface area contributed by atoms with E-state index in [9.17, 15) is 0 Å². The highest BCUT2D eigenvalue weighted by Gasteiger charge is 2.13. The van der Waals surface area contributed by atoms with Gasteiger partial charge in [-0.1, -0.05) is 20.3 Å². The van der Waals surface area contributed by atoms with Crippen molar-refractivity contribution in [3.8, 4) is 5.75 Å². The standard InChI is InChI=1S/C14H27N3O/c1-5-7-12(15-3)8-9-13-14(18-4)11-16-17(13)10-6-2/h11-12,15H,5-10H2,1-4H3. The number of ether oxygens (including phenoxy) is 1. The van der Waals surface area contributed by atoms with E-state index in [2.05, 4.69) is 28.9 Å². The molecule has 1 aromatic rings. The van der Waals surface area contributed by atoms with Gasteiger partial charge >= 0.3 is 0 Å². The molecule has 0 saturated carbocycles. The van der Waals surface area contributed by atoms with E-state index in [1.807, 2.05) is 13.2 Å². The Morgan fingerprint density at radius 1 is 1.33 bits per heavy atom. The smallest absolute Gasteiger partial charge is 0.159 e. The number of nitrogens with zero attached hydrogens (tertiary/aromatic N) is 2. The minimum Gasteiger partial charge on any atom is -0.493 e. The van der Waals surface area contributed by atoms with Gasteiger partial charge in [-0.15, -0.1) is 0 Å². The van der Waals surface area contributed by atoms with Crippen LogP contribution in [0.25, 0.3) is 0 Å². The molecule has 104 valence electrons. The van der Waals surface area contributed by atoms with Crippen molar-refractivity contribution in [3.05, 3.63) is 11.9 Å². The molecular formula is C14H27N3O. The van der Waals surface area contributed by atoms with Crippen LogP contribution in [0.1, 0.15) is 45.2 Å². The van der Waals surface area contributed by atoms with E-state index in [1.165, 1.54) is 18.5 Å². The van der Waals surface area contributed by atoms with E-state index in [-0.39, 0.29) is 0 Å². The summed E-state index contributed by atoms with van der Waals surface area (Å²) in [5, 5.41) is 7.78. The number of methoxy groups -OCH3 is 1. The highest BCUT2D eigenvalue weighted by atomic mass is 16.5. The van der Waals surface area contributed by atoms with Gasteiger partial charge in [-0.05, 0) is 32.7 Å². The maximum atomic E-state index is 5.39. The molecule has 1 unspecified atom stereocenters. The lowest BCUT2D eigenvalue weighted by Gasteiger charge is -2.16. The summed E-state index contributed by atoms with van der Waals surface area (Å²) in [7, 11) is 3.76. The molecule has 18 heavy (non-hydrogen) atoms. The molecule has 4 heteroatoms. The third-order valence-electron chi connectivity index (χ3n) is 3.34. The van der Waals surface area contributed by atoms with Crippen LogP contribution in [-0.2, 0) is 13.0 Å². The quantitative estimate of drug-likeness (QED) is 0.735. The third kappa shape index (κ3) is 4.02. The topological polar surface area (TPSA) is 39.1 Å². The van der Waals surface area contributed by atoms with Gasteiger partial charge in [0.2, 0.25) is 0 Å². The number of hydrogen-bond donors (Lipinski definition) is 1. The second-order valence-electron chi connectivity index (χ2n) is 4.70. The number of rotatable bonds is 9. The molecular weight excluding hydrogens is 226 g/mol. The minimum atomic E-state index is 0.588. The van der Waals surface area contributed by atoms with Gasteiger partial charge in [0.1, 0.15) is 0 Å². The van der Waals surface area contributed by atoms with Gasteiger partial charge in [0.05, 0.1) is 19.0 Å². The lowest BCUT2D eigenvalue weighted by atomic mass is 10.0. The molecule has 1 atom stereocenters. The number of hydrogen-bond acceptors (Lipinski definition) is 3. The summed E-state index contributed by atoms with van der Waals surface area (Å²) in [6, 6.07) is 0.588. The zero-order valence-corrected chi connectivity index (χ0v) is 12.2. The Morgan fingerprint density at radius 2 is 2.11 bits per heavy atom. The van der Waals surface area contributed by atoms with Gasteiger partial charge in [0.25, 0.3) is 0 Å². The average molecular weight is 253 g/mol. The van der Waals surface area contributed by atoms with Crippen LogP contribution in [0.5, 0.6) is 5.75 Å². The fraction of sp³-hybridized carbons (Fsp3) is 0.786. The van der Waals surface area contributed by atoms with Crippen LogP contribution < -0.4 is 10.1 Å². The summed E-state index contributed by atoms with van der Waals surface area (Å²) < 4.78 is 7.48. The van der Waals surface area contributed by atoms with Crippen LogP contribution in [0.2, 0.25) is 0 Å². The van der Waals surface area contributed by atoms with E-state index >= 15 is 0 Å². The molecule has 0 aromatic carbocycles. The SMILES string of the molecule is CCCC(CCc1c(OC)cnn1CCC)NC. The fourth-order valence-electron chi connectivity index (χ4n) is 2.31. The molecule has 0 aliphatic carbocycles. The molecule has 0 aliphatic heterocycles. The van der Waals surface area contributed by atoms with E-state index < -0.39 is 0 Å². The molecule has 0 radical (unpaired) electrons. The average Bonchev–Trinajstić information content (AvgIpc) is 2.77. The zero-order valence-electron chi connectivity index (χ0n) is 12.2. The molecule has 0 amide bonds. The number of aryl methyl sites for hydroxylation is 1. The molecule has 1 rings (SSSR count). The lowest BCUT2D eigenvalue weighted by Crippen LogP contribution is -2.25. The maximum absolute atomic E-state index is 5.39. The van der Waals surface area contributed by atoms with Crippen LogP contribution in [0.15, 0.2) is 6.20 Å². The Morgan fingerprint density at radius 3 is 2.67 bits per heavy atom. The summed E-state index contributed by atoms with van der Waals surface area (Å²) in [6.07, 6.45) is 7.53. The minimum absolute atomic E-state index is 0.588. The Balaban J connectivity index is 2.66.